The maximum atomic E-state index is 12.5. The van der Waals surface area contributed by atoms with Gasteiger partial charge in [0.25, 0.3) is 0 Å². The Bertz CT molecular complexity index is 966. The van der Waals surface area contributed by atoms with Gasteiger partial charge in [0.2, 0.25) is 0 Å². The summed E-state index contributed by atoms with van der Waals surface area (Å²) < 4.78 is 22.3. The average molecular weight is 459 g/mol. The average Bonchev–Trinajstić information content (AvgIpc) is 3.48. The molecule has 2 heterocycles. The van der Waals surface area contributed by atoms with Crippen molar-refractivity contribution in [2.45, 2.75) is 57.8 Å². The van der Waals surface area contributed by atoms with E-state index in [0.717, 1.165) is 36.8 Å². The summed E-state index contributed by atoms with van der Waals surface area (Å²) in [5.41, 5.74) is 2.17. The van der Waals surface area contributed by atoms with E-state index in [0.29, 0.717) is 30.2 Å². The molecular weight excluding hydrogens is 428 g/mol. The number of carbonyl (C=O) groups excluding carboxylic acids is 1. The molecule has 1 aliphatic carbocycles. The Kier molecular flexibility index (Phi) is 7.17. The fraction of sp³-hybridized carbons (Fsp3) is 0.542. The van der Waals surface area contributed by atoms with E-state index >= 15 is 0 Å². The molecule has 0 radical (unpaired) electrons. The molecule has 0 bridgehead atoms. The third-order valence-corrected chi connectivity index (χ3v) is 6.42. The van der Waals surface area contributed by atoms with E-state index in [-0.39, 0.29) is 31.5 Å². The lowest BCUT2D eigenvalue weighted by atomic mass is 10.0. The van der Waals surface area contributed by atoms with Gasteiger partial charge in [-0.15, -0.1) is 0 Å². The van der Waals surface area contributed by atoms with Crippen molar-refractivity contribution < 1.29 is 33.4 Å². The molecule has 1 aromatic carbocycles. The fourth-order valence-corrected chi connectivity index (χ4v) is 4.39. The van der Waals surface area contributed by atoms with Crippen molar-refractivity contribution in [3.8, 4) is 17.1 Å². The molecule has 0 unspecified atom stereocenters. The highest BCUT2D eigenvalue weighted by atomic mass is 16.6. The molecule has 1 aliphatic heterocycles. The van der Waals surface area contributed by atoms with Gasteiger partial charge in [-0.2, -0.15) is 0 Å². The summed E-state index contributed by atoms with van der Waals surface area (Å²) in [7, 11) is 1.79. The first-order chi connectivity index (χ1) is 15.9. The molecule has 2 aliphatic rings. The standard InChI is InChI=1S/C24H30N2O7/c1-15-21(14-31-24(29)26(2)18-5-3-4-6-18)22(33-25-15)16-7-9-19(10-8-16)32-20-11-17(23(27)28)12-30-13-20/h7-10,17-18,20H,3-6,11-14H2,1-2H3,(H,27,28)/t17-,20+/m1/s1. The number of amides is 1. The summed E-state index contributed by atoms with van der Waals surface area (Å²) in [4.78, 5) is 25.4. The molecule has 2 fully saturated rings. The van der Waals surface area contributed by atoms with Crippen molar-refractivity contribution >= 4 is 12.1 Å². The number of ether oxygens (including phenoxy) is 3. The van der Waals surface area contributed by atoms with Gasteiger partial charge in [0, 0.05) is 25.1 Å². The number of carbonyl (C=O) groups is 2. The van der Waals surface area contributed by atoms with Crippen LogP contribution in [0.4, 0.5) is 4.79 Å². The van der Waals surface area contributed by atoms with Crippen LogP contribution in [0.25, 0.3) is 11.3 Å². The lowest BCUT2D eigenvalue weighted by Gasteiger charge is -2.27. The van der Waals surface area contributed by atoms with E-state index in [1.807, 2.05) is 19.1 Å². The van der Waals surface area contributed by atoms with Crippen LogP contribution in [0.2, 0.25) is 0 Å². The van der Waals surface area contributed by atoms with Crippen LogP contribution < -0.4 is 4.74 Å². The van der Waals surface area contributed by atoms with Crippen LogP contribution in [0.1, 0.15) is 43.4 Å². The predicted molar refractivity (Wildman–Crippen MR) is 118 cm³/mol. The minimum atomic E-state index is -0.873. The van der Waals surface area contributed by atoms with E-state index in [2.05, 4.69) is 5.16 Å². The van der Waals surface area contributed by atoms with Gasteiger partial charge >= 0.3 is 12.1 Å². The van der Waals surface area contributed by atoms with Crippen LogP contribution in [0.5, 0.6) is 5.75 Å². The van der Waals surface area contributed by atoms with Gasteiger partial charge in [0.1, 0.15) is 18.5 Å². The molecule has 1 saturated heterocycles. The van der Waals surface area contributed by atoms with Gasteiger partial charge in [0.15, 0.2) is 5.76 Å². The highest BCUT2D eigenvalue weighted by Gasteiger charge is 2.29. The number of rotatable bonds is 7. The molecule has 1 saturated carbocycles. The van der Waals surface area contributed by atoms with Crippen molar-refractivity contribution in [1.29, 1.82) is 0 Å². The third kappa shape index (κ3) is 5.47. The van der Waals surface area contributed by atoms with Crippen molar-refractivity contribution in [2.24, 2.45) is 5.92 Å². The van der Waals surface area contributed by atoms with Crippen molar-refractivity contribution in [1.82, 2.24) is 10.1 Å². The molecule has 9 heteroatoms. The fourth-order valence-electron chi connectivity index (χ4n) is 4.39. The number of aryl methyl sites for hydroxylation is 1. The Labute approximate surface area is 192 Å². The van der Waals surface area contributed by atoms with Crippen molar-refractivity contribution in [3.05, 3.63) is 35.5 Å². The molecule has 2 atom stereocenters. The van der Waals surface area contributed by atoms with Gasteiger partial charge in [-0.1, -0.05) is 18.0 Å². The molecule has 4 rings (SSSR count). The summed E-state index contributed by atoms with van der Waals surface area (Å²) in [6.45, 7) is 2.46. The first kappa shape index (κ1) is 23.1. The van der Waals surface area contributed by atoms with E-state index in [9.17, 15) is 14.7 Å². The number of hydrogen-bond acceptors (Lipinski definition) is 7. The number of nitrogens with zero attached hydrogens (tertiary/aromatic N) is 2. The van der Waals surface area contributed by atoms with Crippen molar-refractivity contribution in [2.75, 3.05) is 20.3 Å². The first-order valence-electron chi connectivity index (χ1n) is 11.3. The first-order valence-corrected chi connectivity index (χ1v) is 11.3. The Morgan fingerprint density at radius 3 is 2.61 bits per heavy atom. The largest absolute Gasteiger partial charge is 0.488 e. The van der Waals surface area contributed by atoms with Crippen LogP contribution >= 0.6 is 0 Å². The molecule has 1 N–H and O–H groups in total. The minimum Gasteiger partial charge on any atom is -0.488 e. The second-order valence-electron chi connectivity index (χ2n) is 8.75. The van der Waals surface area contributed by atoms with E-state index < -0.39 is 11.9 Å². The van der Waals surface area contributed by atoms with Gasteiger partial charge in [-0.3, -0.25) is 4.79 Å². The van der Waals surface area contributed by atoms with Gasteiger partial charge < -0.3 is 28.7 Å². The lowest BCUT2D eigenvalue weighted by molar-refractivity contribution is -0.149. The van der Waals surface area contributed by atoms with E-state index in [4.69, 9.17) is 18.7 Å². The smallest absolute Gasteiger partial charge is 0.410 e. The number of aliphatic carboxylic acids is 1. The number of benzene rings is 1. The molecule has 9 nitrogen and oxygen atoms in total. The number of carboxylic acid groups (broad SMARTS) is 1. The second-order valence-corrected chi connectivity index (χ2v) is 8.75. The number of hydrogen-bond donors (Lipinski definition) is 1. The normalized spacial score (nSPS) is 21.0. The molecular formula is C24H30N2O7. The van der Waals surface area contributed by atoms with Gasteiger partial charge in [0.05, 0.1) is 30.4 Å². The summed E-state index contributed by atoms with van der Waals surface area (Å²) in [5, 5.41) is 13.2. The van der Waals surface area contributed by atoms with Crippen molar-refractivity contribution in [3.63, 3.8) is 0 Å². The summed E-state index contributed by atoms with van der Waals surface area (Å²) in [6, 6.07) is 7.50. The zero-order valence-electron chi connectivity index (χ0n) is 19.0. The van der Waals surface area contributed by atoms with Crippen LogP contribution in [-0.4, -0.2) is 59.6 Å². The monoisotopic (exact) mass is 458 g/mol. The highest BCUT2D eigenvalue weighted by Crippen LogP contribution is 2.30. The number of carboxylic acids is 1. The number of aromatic nitrogens is 1. The highest BCUT2D eigenvalue weighted by molar-refractivity contribution is 5.70. The molecule has 1 amide bonds. The zero-order chi connectivity index (χ0) is 23.4. The quantitative estimate of drug-likeness (QED) is 0.662. The van der Waals surface area contributed by atoms with Crippen LogP contribution in [0, 0.1) is 12.8 Å². The van der Waals surface area contributed by atoms with Crippen LogP contribution in [-0.2, 0) is 20.9 Å². The Balaban J connectivity index is 1.38. The molecule has 0 spiro atoms. The Morgan fingerprint density at radius 2 is 1.91 bits per heavy atom. The van der Waals surface area contributed by atoms with Gasteiger partial charge in [-0.05, 0) is 44.0 Å². The topological polar surface area (TPSA) is 111 Å². The van der Waals surface area contributed by atoms with Crippen LogP contribution in [0.3, 0.4) is 0 Å². The summed E-state index contributed by atoms with van der Waals surface area (Å²) in [6.07, 6.45) is 4.07. The lowest BCUT2D eigenvalue weighted by Crippen LogP contribution is -2.37. The molecule has 178 valence electrons. The Hall–Kier alpha value is -3.07. The SMILES string of the molecule is Cc1noc(-c2ccc(O[C@@H]3COC[C@H](C(=O)O)C3)cc2)c1COC(=O)N(C)C1CCCC1. The predicted octanol–water partition coefficient (Wildman–Crippen LogP) is 4.03. The van der Waals surface area contributed by atoms with Crippen LogP contribution in [0.15, 0.2) is 28.8 Å². The Morgan fingerprint density at radius 1 is 1.18 bits per heavy atom. The third-order valence-electron chi connectivity index (χ3n) is 6.42. The zero-order valence-corrected chi connectivity index (χ0v) is 19.0. The maximum Gasteiger partial charge on any atom is 0.410 e. The second kappa shape index (κ2) is 10.2. The molecule has 2 aromatic rings. The van der Waals surface area contributed by atoms with Gasteiger partial charge in [-0.25, -0.2) is 4.79 Å². The maximum absolute atomic E-state index is 12.5. The molecule has 1 aromatic heterocycles. The minimum absolute atomic E-state index is 0.0782. The summed E-state index contributed by atoms with van der Waals surface area (Å²) in [5.74, 6) is -0.275. The summed E-state index contributed by atoms with van der Waals surface area (Å²) >= 11 is 0. The molecule has 33 heavy (non-hydrogen) atoms. The van der Waals surface area contributed by atoms with E-state index in [1.165, 1.54) is 0 Å². The van der Waals surface area contributed by atoms with E-state index in [1.54, 1.807) is 24.1 Å².